The van der Waals surface area contributed by atoms with Crippen LogP contribution in [0.2, 0.25) is 0 Å². The molecule has 0 amide bonds. The lowest BCUT2D eigenvalue weighted by molar-refractivity contribution is 0.102. The van der Waals surface area contributed by atoms with Crippen molar-refractivity contribution in [1.82, 2.24) is 5.32 Å². The van der Waals surface area contributed by atoms with Gasteiger partial charge in [0, 0.05) is 12.1 Å². The first-order valence-corrected chi connectivity index (χ1v) is 4.42. The van der Waals surface area contributed by atoms with Crippen LogP contribution in [0.3, 0.4) is 0 Å². The summed E-state index contributed by atoms with van der Waals surface area (Å²) >= 11 is 0. The smallest absolute Gasteiger partial charge is 0.208 e. The van der Waals surface area contributed by atoms with Crippen molar-refractivity contribution >= 4 is 5.78 Å². The standard InChI is InChI=1S/C11H11NO/c13-11(10-7-4-8-12-10)9-5-2-1-3-6-9/h1-3,5-7,12H,4,8H2. The summed E-state index contributed by atoms with van der Waals surface area (Å²) in [5, 5.41) is 3.07. The van der Waals surface area contributed by atoms with Gasteiger partial charge in [0.15, 0.2) is 0 Å². The Bertz CT molecular complexity index is 340. The molecule has 0 aromatic heterocycles. The molecule has 0 spiro atoms. The number of carbonyl (C=O) groups is 1. The van der Waals surface area contributed by atoms with Crippen LogP contribution in [0.4, 0.5) is 0 Å². The topological polar surface area (TPSA) is 29.1 Å². The van der Waals surface area contributed by atoms with Crippen molar-refractivity contribution in [2.24, 2.45) is 0 Å². The molecule has 2 rings (SSSR count). The van der Waals surface area contributed by atoms with Crippen molar-refractivity contribution in [2.75, 3.05) is 6.54 Å². The van der Waals surface area contributed by atoms with Gasteiger partial charge < -0.3 is 5.32 Å². The molecular formula is C11H11NO. The van der Waals surface area contributed by atoms with Crippen molar-refractivity contribution in [3.8, 4) is 0 Å². The van der Waals surface area contributed by atoms with Crippen LogP contribution in [0.1, 0.15) is 16.8 Å². The Morgan fingerprint density at radius 2 is 2.00 bits per heavy atom. The van der Waals surface area contributed by atoms with E-state index in [0.29, 0.717) is 0 Å². The summed E-state index contributed by atoms with van der Waals surface area (Å²) in [6.45, 7) is 0.883. The number of nitrogens with one attached hydrogen (secondary N) is 1. The Kier molecular flexibility index (Phi) is 2.13. The van der Waals surface area contributed by atoms with E-state index in [1.54, 1.807) is 0 Å². The van der Waals surface area contributed by atoms with Crippen LogP contribution in [0.5, 0.6) is 0 Å². The van der Waals surface area contributed by atoms with E-state index < -0.39 is 0 Å². The number of allylic oxidation sites excluding steroid dienone is 1. The molecule has 0 atom stereocenters. The molecule has 2 heteroatoms. The van der Waals surface area contributed by atoms with Crippen molar-refractivity contribution in [2.45, 2.75) is 6.42 Å². The van der Waals surface area contributed by atoms with Gasteiger partial charge in [0.05, 0.1) is 5.70 Å². The van der Waals surface area contributed by atoms with E-state index >= 15 is 0 Å². The summed E-state index contributed by atoms with van der Waals surface area (Å²) in [5.41, 5.74) is 1.49. The Hall–Kier alpha value is -1.57. The molecule has 0 bridgehead atoms. The predicted octanol–water partition coefficient (Wildman–Crippen LogP) is 1.75. The van der Waals surface area contributed by atoms with Gasteiger partial charge in [-0.1, -0.05) is 36.4 Å². The van der Waals surface area contributed by atoms with Crippen molar-refractivity contribution in [3.05, 3.63) is 47.7 Å². The van der Waals surface area contributed by atoms with Crippen LogP contribution in [0, 0.1) is 0 Å². The first-order valence-electron chi connectivity index (χ1n) is 4.42. The number of ketones is 1. The molecule has 0 saturated carbocycles. The van der Waals surface area contributed by atoms with Gasteiger partial charge in [-0.05, 0) is 6.42 Å². The molecule has 0 saturated heterocycles. The van der Waals surface area contributed by atoms with E-state index in [1.165, 1.54) is 0 Å². The van der Waals surface area contributed by atoms with Crippen molar-refractivity contribution in [3.63, 3.8) is 0 Å². The number of carbonyl (C=O) groups excluding carboxylic acids is 1. The first kappa shape index (κ1) is 8.05. The van der Waals surface area contributed by atoms with E-state index in [0.717, 1.165) is 24.2 Å². The van der Waals surface area contributed by atoms with E-state index in [4.69, 9.17) is 0 Å². The van der Waals surface area contributed by atoms with E-state index in [2.05, 4.69) is 5.32 Å². The molecule has 1 aromatic rings. The molecule has 1 N–H and O–H groups in total. The van der Waals surface area contributed by atoms with Gasteiger partial charge in [-0.25, -0.2) is 0 Å². The lowest BCUT2D eigenvalue weighted by atomic mass is 10.1. The third-order valence-electron chi connectivity index (χ3n) is 2.09. The second kappa shape index (κ2) is 3.44. The van der Waals surface area contributed by atoms with Gasteiger partial charge in [-0.3, -0.25) is 4.79 Å². The number of Topliss-reactive ketones (excluding diaryl/α,β-unsaturated/α-hetero) is 1. The van der Waals surface area contributed by atoms with Crippen molar-refractivity contribution in [1.29, 1.82) is 0 Å². The molecule has 0 radical (unpaired) electrons. The third-order valence-corrected chi connectivity index (χ3v) is 2.09. The van der Waals surface area contributed by atoms with Crippen LogP contribution in [0.25, 0.3) is 0 Å². The molecule has 0 unspecified atom stereocenters. The molecule has 0 aliphatic carbocycles. The zero-order chi connectivity index (χ0) is 9.10. The second-order valence-corrected chi connectivity index (χ2v) is 3.03. The van der Waals surface area contributed by atoms with Gasteiger partial charge in [-0.2, -0.15) is 0 Å². The molecule has 0 fully saturated rings. The highest BCUT2D eigenvalue weighted by Gasteiger charge is 2.13. The van der Waals surface area contributed by atoms with E-state index in [-0.39, 0.29) is 5.78 Å². The second-order valence-electron chi connectivity index (χ2n) is 3.03. The maximum atomic E-state index is 11.7. The van der Waals surface area contributed by atoms with Gasteiger partial charge in [0.2, 0.25) is 5.78 Å². The van der Waals surface area contributed by atoms with Crippen LogP contribution >= 0.6 is 0 Å². The molecule has 1 aromatic carbocycles. The molecule has 1 aliphatic rings. The minimum atomic E-state index is 0.0955. The van der Waals surface area contributed by atoms with Crippen molar-refractivity contribution < 1.29 is 4.79 Å². The quantitative estimate of drug-likeness (QED) is 0.690. The first-order chi connectivity index (χ1) is 6.38. The van der Waals surface area contributed by atoms with Gasteiger partial charge in [-0.15, -0.1) is 0 Å². The SMILES string of the molecule is O=C(C1=CCCN1)c1ccccc1. The molecule has 13 heavy (non-hydrogen) atoms. The zero-order valence-electron chi connectivity index (χ0n) is 7.29. The highest BCUT2D eigenvalue weighted by Crippen LogP contribution is 2.09. The predicted molar refractivity (Wildman–Crippen MR) is 51.5 cm³/mol. The lowest BCUT2D eigenvalue weighted by Crippen LogP contribution is -2.15. The monoisotopic (exact) mass is 173 g/mol. The normalized spacial score (nSPS) is 14.9. The molecule has 1 aliphatic heterocycles. The zero-order valence-corrected chi connectivity index (χ0v) is 7.29. The number of rotatable bonds is 2. The van der Waals surface area contributed by atoms with Crippen LogP contribution in [-0.4, -0.2) is 12.3 Å². The summed E-state index contributed by atoms with van der Waals surface area (Å²) in [5.74, 6) is 0.0955. The van der Waals surface area contributed by atoms with Crippen LogP contribution < -0.4 is 5.32 Å². The largest absolute Gasteiger partial charge is 0.382 e. The lowest BCUT2D eigenvalue weighted by Gasteiger charge is -2.02. The summed E-state index contributed by atoms with van der Waals surface area (Å²) in [4.78, 5) is 11.7. The van der Waals surface area contributed by atoms with E-state index in [9.17, 15) is 4.79 Å². The van der Waals surface area contributed by atoms with Crippen LogP contribution in [0.15, 0.2) is 42.1 Å². The summed E-state index contributed by atoms with van der Waals surface area (Å²) in [6, 6.07) is 9.34. The summed E-state index contributed by atoms with van der Waals surface area (Å²) < 4.78 is 0. The maximum Gasteiger partial charge on any atom is 0.208 e. The Morgan fingerprint density at radius 1 is 1.23 bits per heavy atom. The molecule has 66 valence electrons. The minimum absolute atomic E-state index is 0.0955. The Balaban J connectivity index is 2.23. The number of hydrogen-bond donors (Lipinski definition) is 1. The Labute approximate surface area is 77.3 Å². The highest BCUT2D eigenvalue weighted by atomic mass is 16.1. The van der Waals surface area contributed by atoms with Gasteiger partial charge in [0.1, 0.15) is 0 Å². The molecule has 1 heterocycles. The fraction of sp³-hybridized carbons (Fsp3) is 0.182. The molecule has 2 nitrogen and oxygen atoms in total. The summed E-state index contributed by atoms with van der Waals surface area (Å²) in [7, 11) is 0. The third kappa shape index (κ3) is 1.61. The highest BCUT2D eigenvalue weighted by molar-refractivity contribution is 6.08. The van der Waals surface area contributed by atoms with Gasteiger partial charge >= 0.3 is 0 Å². The van der Waals surface area contributed by atoms with E-state index in [1.807, 2.05) is 36.4 Å². The Morgan fingerprint density at radius 3 is 2.62 bits per heavy atom. The average Bonchev–Trinajstić information content (AvgIpc) is 2.71. The molecular weight excluding hydrogens is 162 g/mol. The number of benzene rings is 1. The fourth-order valence-electron chi connectivity index (χ4n) is 1.41. The summed E-state index contributed by atoms with van der Waals surface area (Å²) in [6.07, 6.45) is 2.91. The average molecular weight is 173 g/mol. The fourth-order valence-corrected chi connectivity index (χ4v) is 1.41. The van der Waals surface area contributed by atoms with Gasteiger partial charge in [0.25, 0.3) is 0 Å². The van der Waals surface area contributed by atoms with Crippen LogP contribution in [-0.2, 0) is 0 Å². The number of hydrogen-bond acceptors (Lipinski definition) is 2. The minimum Gasteiger partial charge on any atom is -0.382 e. The maximum absolute atomic E-state index is 11.7.